The van der Waals surface area contributed by atoms with Crippen LogP contribution in [-0.2, 0) is 0 Å². The number of aryl methyl sites for hydroxylation is 2. The molecule has 2 aromatic rings. The Morgan fingerprint density at radius 2 is 2.16 bits per heavy atom. The maximum Gasteiger partial charge on any atom is 0.255 e. The van der Waals surface area contributed by atoms with Crippen molar-refractivity contribution in [3.05, 3.63) is 45.4 Å². The van der Waals surface area contributed by atoms with Crippen LogP contribution in [0.2, 0.25) is 0 Å². The Labute approximate surface area is 116 Å². The highest BCUT2D eigenvalue weighted by Gasteiger charge is 2.16. The lowest BCUT2D eigenvalue weighted by Gasteiger charge is -2.12. The molecule has 19 heavy (non-hydrogen) atoms. The van der Waals surface area contributed by atoms with Crippen molar-refractivity contribution in [1.82, 2.24) is 10.3 Å². The number of carbonyl (C=O) groups excluding carboxylic acids is 1. The average Bonchev–Trinajstić information content (AvgIpc) is 2.75. The number of nitrogens with one attached hydrogen (secondary N) is 1. The summed E-state index contributed by atoms with van der Waals surface area (Å²) in [6.07, 6.45) is 1.78. The lowest BCUT2D eigenvalue weighted by molar-refractivity contribution is 0.0937. The molecule has 0 bridgehead atoms. The monoisotopic (exact) mass is 276 g/mol. The second-order valence-corrected chi connectivity index (χ2v) is 5.79. The number of hydrogen-bond acceptors (Lipinski definition) is 4. The first-order valence-corrected chi connectivity index (χ1v) is 6.82. The number of aromatic nitrogens is 1. The summed E-state index contributed by atoms with van der Waals surface area (Å²) in [5.74, 6) is -0.294. The molecule has 0 spiro atoms. The molecular weight excluding hydrogens is 260 g/mol. The van der Waals surface area contributed by atoms with Gasteiger partial charge in [0.15, 0.2) is 0 Å². The molecule has 0 aliphatic heterocycles. The summed E-state index contributed by atoms with van der Waals surface area (Å²) in [5.41, 5.74) is 1.20. The third-order valence-electron chi connectivity index (χ3n) is 2.76. The lowest BCUT2D eigenvalue weighted by atomic mass is 10.1. The van der Waals surface area contributed by atoms with E-state index in [0.29, 0.717) is 0 Å². The van der Waals surface area contributed by atoms with Crippen molar-refractivity contribution in [3.63, 3.8) is 0 Å². The van der Waals surface area contributed by atoms with Gasteiger partial charge in [-0.3, -0.25) is 4.79 Å². The van der Waals surface area contributed by atoms with Gasteiger partial charge in [-0.05, 0) is 38.5 Å². The van der Waals surface area contributed by atoms with Crippen LogP contribution in [0.4, 0.5) is 0 Å². The molecule has 1 aromatic carbocycles. The highest BCUT2D eigenvalue weighted by atomic mass is 32.1. The summed E-state index contributed by atoms with van der Waals surface area (Å²) < 4.78 is 0. The van der Waals surface area contributed by atoms with E-state index in [9.17, 15) is 9.90 Å². The molecule has 1 atom stereocenters. The standard InChI is InChI=1S/C14H16N2O2S/c1-8-4-5-11(12(17)6-8)13(18)16-10(3)14-15-7-9(2)19-14/h4-7,10,17H,1-3H3,(H,16,18). The molecule has 2 rings (SSSR count). The quantitative estimate of drug-likeness (QED) is 0.906. The smallest absolute Gasteiger partial charge is 0.255 e. The Balaban J connectivity index is 2.12. The predicted octanol–water partition coefficient (Wildman–Crippen LogP) is 2.96. The Morgan fingerprint density at radius 1 is 1.42 bits per heavy atom. The minimum Gasteiger partial charge on any atom is -0.507 e. The molecule has 0 aliphatic carbocycles. The fourth-order valence-electron chi connectivity index (χ4n) is 1.74. The normalized spacial score (nSPS) is 12.2. The molecule has 4 nitrogen and oxygen atoms in total. The third-order valence-corrected chi connectivity index (χ3v) is 3.85. The number of rotatable bonds is 3. The highest BCUT2D eigenvalue weighted by Crippen LogP contribution is 2.22. The first kappa shape index (κ1) is 13.5. The minimum absolute atomic E-state index is 0.0000179. The molecular formula is C14H16N2O2S. The second kappa shape index (κ2) is 5.40. The van der Waals surface area contributed by atoms with E-state index < -0.39 is 0 Å². The number of benzene rings is 1. The summed E-state index contributed by atoms with van der Waals surface area (Å²) in [5, 5.41) is 13.5. The van der Waals surface area contributed by atoms with E-state index in [1.165, 1.54) is 0 Å². The molecule has 1 amide bonds. The maximum atomic E-state index is 12.1. The Bertz CT molecular complexity index is 607. The molecule has 0 radical (unpaired) electrons. The molecule has 1 unspecified atom stereocenters. The van der Waals surface area contributed by atoms with Crippen molar-refractivity contribution in [1.29, 1.82) is 0 Å². The van der Waals surface area contributed by atoms with Gasteiger partial charge < -0.3 is 10.4 Å². The number of thiazole rings is 1. The molecule has 0 saturated heterocycles. The summed E-state index contributed by atoms with van der Waals surface area (Å²) >= 11 is 1.55. The van der Waals surface area contributed by atoms with Crippen LogP contribution in [0.25, 0.3) is 0 Å². The van der Waals surface area contributed by atoms with Gasteiger partial charge in [0.1, 0.15) is 10.8 Å². The van der Waals surface area contributed by atoms with Crippen LogP contribution >= 0.6 is 11.3 Å². The Kier molecular flexibility index (Phi) is 3.85. The summed E-state index contributed by atoms with van der Waals surface area (Å²) in [4.78, 5) is 17.4. The number of phenolic OH excluding ortho intramolecular Hbond substituents is 1. The highest BCUT2D eigenvalue weighted by molar-refractivity contribution is 7.11. The summed E-state index contributed by atoms with van der Waals surface area (Å²) in [6.45, 7) is 5.71. The molecule has 5 heteroatoms. The van der Waals surface area contributed by atoms with E-state index in [1.807, 2.05) is 20.8 Å². The van der Waals surface area contributed by atoms with E-state index >= 15 is 0 Å². The van der Waals surface area contributed by atoms with E-state index in [4.69, 9.17) is 0 Å². The van der Waals surface area contributed by atoms with E-state index in [2.05, 4.69) is 10.3 Å². The second-order valence-electron chi connectivity index (χ2n) is 4.52. The number of nitrogens with zero attached hydrogens (tertiary/aromatic N) is 1. The van der Waals surface area contributed by atoms with Crippen molar-refractivity contribution < 1.29 is 9.90 Å². The van der Waals surface area contributed by atoms with E-state index in [1.54, 1.807) is 35.7 Å². The average molecular weight is 276 g/mol. The number of carbonyl (C=O) groups is 1. The van der Waals surface area contributed by atoms with Crippen molar-refractivity contribution in [2.45, 2.75) is 26.8 Å². The van der Waals surface area contributed by atoms with Gasteiger partial charge in [-0.15, -0.1) is 11.3 Å². The van der Waals surface area contributed by atoms with Crippen LogP contribution < -0.4 is 5.32 Å². The number of amides is 1. The van der Waals surface area contributed by atoms with Crippen molar-refractivity contribution in [3.8, 4) is 5.75 Å². The first-order chi connectivity index (χ1) is 8.97. The number of aromatic hydroxyl groups is 1. The van der Waals surface area contributed by atoms with Gasteiger partial charge in [0, 0.05) is 11.1 Å². The van der Waals surface area contributed by atoms with Crippen LogP contribution in [0.5, 0.6) is 5.75 Å². The van der Waals surface area contributed by atoms with Gasteiger partial charge in [0.2, 0.25) is 0 Å². The van der Waals surface area contributed by atoms with Crippen molar-refractivity contribution in [2.24, 2.45) is 0 Å². The van der Waals surface area contributed by atoms with Crippen LogP contribution in [0.3, 0.4) is 0 Å². The molecule has 1 aromatic heterocycles. The number of hydrogen-bond donors (Lipinski definition) is 2. The van der Waals surface area contributed by atoms with Crippen LogP contribution in [-0.4, -0.2) is 16.0 Å². The Hall–Kier alpha value is -1.88. The third kappa shape index (κ3) is 3.12. The maximum absolute atomic E-state index is 12.1. The fraction of sp³-hybridized carbons (Fsp3) is 0.286. The van der Waals surface area contributed by atoms with Gasteiger partial charge in [-0.2, -0.15) is 0 Å². The van der Waals surface area contributed by atoms with E-state index in [-0.39, 0.29) is 23.3 Å². The van der Waals surface area contributed by atoms with Crippen molar-refractivity contribution >= 4 is 17.2 Å². The van der Waals surface area contributed by atoms with Gasteiger partial charge in [0.25, 0.3) is 5.91 Å². The molecule has 0 saturated carbocycles. The summed E-state index contributed by atoms with van der Waals surface area (Å²) in [7, 11) is 0. The Morgan fingerprint density at radius 3 is 2.74 bits per heavy atom. The lowest BCUT2D eigenvalue weighted by Crippen LogP contribution is -2.26. The van der Waals surface area contributed by atoms with Crippen LogP contribution in [0.15, 0.2) is 24.4 Å². The molecule has 0 aliphatic rings. The minimum atomic E-state index is -0.294. The predicted molar refractivity (Wildman–Crippen MR) is 75.6 cm³/mol. The summed E-state index contributed by atoms with van der Waals surface area (Å²) in [6, 6.07) is 4.83. The van der Waals surface area contributed by atoms with Gasteiger partial charge in [-0.25, -0.2) is 4.98 Å². The van der Waals surface area contributed by atoms with E-state index in [0.717, 1.165) is 15.4 Å². The zero-order chi connectivity index (χ0) is 14.0. The van der Waals surface area contributed by atoms with Crippen molar-refractivity contribution in [2.75, 3.05) is 0 Å². The largest absolute Gasteiger partial charge is 0.507 e. The van der Waals surface area contributed by atoms with Gasteiger partial charge in [0.05, 0.1) is 11.6 Å². The topological polar surface area (TPSA) is 62.2 Å². The first-order valence-electron chi connectivity index (χ1n) is 6.00. The molecule has 1 heterocycles. The van der Waals surface area contributed by atoms with Gasteiger partial charge in [-0.1, -0.05) is 6.07 Å². The zero-order valence-electron chi connectivity index (χ0n) is 11.1. The fourth-order valence-corrected chi connectivity index (χ4v) is 2.52. The SMILES string of the molecule is Cc1ccc(C(=O)NC(C)c2ncc(C)s2)c(O)c1. The van der Waals surface area contributed by atoms with Gasteiger partial charge >= 0.3 is 0 Å². The van der Waals surface area contributed by atoms with Crippen LogP contribution in [0, 0.1) is 13.8 Å². The number of phenols is 1. The molecule has 0 fully saturated rings. The molecule has 100 valence electrons. The zero-order valence-corrected chi connectivity index (χ0v) is 11.9. The van der Waals surface area contributed by atoms with Crippen LogP contribution in [0.1, 0.15) is 38.8 Å². The molecule has 2 N–H and O–H groups in total.